The van der Waals surface area contributed by atoms with Crippen LogP contribution >= 0.6 is 0 Å². The molecule has 0 spiro atoms. The number of hydrogen-bond acceptors (Lipinski definition) is 3. The molecule has 1 saturated heterocycles. The molecule has 0 aromatic carbocycles. The topological polar surface area (TPSA) is 52.5 Å². The first-order valence-electron chi connectivity index (χ1n) is 3.77. The Morgan fingerprint density at radius 1 is 1.50 bits per heavy atom. The number of nitrogens with one attached hydrogen (secondary N) is 1. The summed E-state index contributed by atoms with van der Waals surface area (Å²) >= 11 is 0. The molecule has 0 bridgehead atoms. The third-order valence-corrected chi connectivity index (χ3v) is 2.04. The maximum Gasteiger partial charge on any atom is 0.0668 e. The molecule has 0 radical (unpaired) electrons. The average Bonchev–Trinajstić information content (AvgIpc) is 1.88. The fourth-order valence-corrected chi connectivity index (χ4v) is 1.32. The lowest BCUT2D eigenvalue weighted by Crippen LogP contribution is -2.43. The molecule has 3 N–H and O–H groups in total. The minimum absolute atomic E-state index is 0.226. The van der Waals surface area contributed by atoms with Gasteiger partial charge in [0.25, 0.3) is 0 Å². The number of aliphatic hydroxyl groups is 2. The van der Waals surface area contributed by atoms with Crippen LogP contribution in [0.2, 0.25) is 0 Å². The summed E-state index contributed by atoms with van der Waals surface area (Å²) in [5.41, 5.74) is 0. The predicted octanol–water partition coefficient (Wildman–Crippen LogP) is -0.662. The summed E-state index contributed by atoms with van der Waals surface area (Å²) in [5.74, 6) is 0.226. The van der Waals surface area contributed by atoms with E-state index >= 15 is 0 Å². The first-order chi connectivity index (χ1) is 4.70. The van der Waals surface area contributed by atoms with Gasteiger partial charge < -0.3 is 15.5 Å². The first-order valence-corrected chi connectivity index (χ1v) is 3.77. The van der Waals surface area contributed by atoms with Crippen molar-refractivity contribution in [2.24, 2.45) is 5.92 Å². The highest BCUT2D eigenvalue weighted by Crippen LogP contribution is 2.13. The molecule has 1 aliphatic rings. The molecule has 1 rings (SSSR count). The van der Waals surface area contributed by atoms with Crippen molar-refractivity contribution in [1.29, 1.82) is 0 Å². The van der Waals surface area contributed by atoms with Crippen molar-refractivity contribution in [3.63, 3.8) is 0 Å². The third kappa shape index (κ3) is 1.94. The molecule has 10 heavy (non-hydrogen) atoms. The minimum atomic E-state index is -0.303. The highest BCUT2D eigenvalue weighted by molar-refractivity contribution is 4.78. The Bertz CT molecular complexity index is 106. The van der Waals surface area contributed by atoms with Crippen molar-refractivity contribution in [2.45, 2.75) is 25.6 Å². The first kappa shape index (κ1) is 7.98. The predicted molar refractivity (Wildman–Crippen MR) is 38.7 cm³/mol. The summed E-state index contributed by atoms with van der Waals surface area (Å²) in [6, 6.07) is 0. The summed E-state index contributed by atoms with van der Waals surface area (Å²) < 4.78 is 0. The van der Waals surface area contributed by atoms with E-state index in [4.69, 9.17) is 10.2 Å². The van der Waals surface area contributed by atoms with Crippen molar-refractivity contribution in [2.75, 3.05) is 13.1 Å². The zero-order valence-electron chi connectivity index (χ0n) is 6.25. The number of aliphatic hydroxyl groups excluding tert-OH is 2. The second-order valence-electron chi connectivity index (χ2n) is 3.05. The Labute approximate surface area is 61.1 Å². The van der Waals surface area contributed by atoms with Crippen molar-refractivity contribution in [3.8, 4) is 0 Å². The van der Waals surface area contributed by atoms with Gasteiger partial charge in [0.2, 0.25) is 0 Å². The van der Waals surface area contributed by atoms with E-state index in [-0.39, 0.29) is 18.1 Å². The van der Waals surface area contributed by atoms with Crippen LogP contribution in [-0.2, 0) is 0 Å². The van der Waals surface area contributed by atoms with Crippen LogP contribution in [0.15, 0.2) is 0 Å². The Kier molecular flexibility index (Phi) is 2.65. The van der Waals surface area contributed by atoms with Gasteiger partial charge in [-0.25, -0.2) is 0 Å². The van der Waals surface area contributed by atoms with Crippen LogP contribution in [0.4, 0.5) is 0 Å². The average molecular weight is 145 g/mol. The van der Waals surface area contributed by atoms with Crippen molar-refractivity contribution < 1.29 is 10.2 Å². The third-order valence-electron chi connectivity index (χ3n) is 2.04. The molecule has 0 aromatic heterocycles. The Morgan fingerprint density at radius 2 is 2.20 bits per heavy atom. The summed E-state index contributed by atoms with van der Waals surface area (Å²) in [5, 5.41) is 21.4. The molecule has 0 saturated carbocycles. The smallest absolute Gasteiger partial charge is 0.0668 e. The van der Waals surface area contributed by atoms with Crippen LogP contribution in [-0.4, -0.2) is 35.5 Å². The number of β-amino-alcohol motifs (C(OH)–C–C–N with tert-alkyl or cyclic N) is 1. The molecule has 3 atom stereocenters. The summed E-state index contributed by atoms with van der Waals surface area (Å²) in [6.07, 6.45) is 0.154. The maximum atomic E-state index is 9.15. The van der Waals surface area contributed by atoms with Crippen LogP contribution < -0.4 is 5.32 Å². The maximum absolute atomic E-state index is 9.15. The summed E-state index contributed by atoms with van der Waals surface area (Å²) in [7, 11) is 0. The van der Waals surface area contributed by atoms with Crippen LogP contribution in [0.1, 0.15) is 13.3 Å². The van der Waals surface area contributed by atoms with E-state index in [0.29, 0.717) is 6.54 Å². The van der Waals surface area contributed by atoms with Gasteiger partial charge in [0.1, 0.15) is 0 Å². The number of hydrogen-bond donors (Lipinski definition) is 3. The van der Waals surface area contributed by atoms with E-state index in [9.17, 15) is 0 Å². The summed E-state index contributed by atoms with van der Waals surface area (Å²) in [6.45, 7) is 3.27. The van der Waals surface area contributed by atoms with Crippen LogP contribution in [0, 0.1) is 5.92 Å². The van der Waals surface area contributed by atoms with E-state index in [2.05, 4.69) is 5.32 Å². The molecular formula is C7H15NO2. The van der Waals surface area contributed by atoms with Crippen LogP contribution in [0.25, 0.3) is 0 Å². The van der Waals surface area contributed by atoms with Gasteiger partial charge in [-0.1, -0.05) is 0 Å². The van der Waals surface area contributed by atoms with Crippen LogP contribution in [0.3, 0.4) is 0 Å². The van der Waals surface area contributed by atoms with Gasteiger partial charge in [-0.2, -0.15) is 0 Å². The highest BCUT2D eigenvalue weighted by Gasteiger charge is 2.22. The SMILES string of the molecule is C[C@H](O)[C@H]1CNC[C@@H](O)C1. The van der Waals surface area contributed by atoms with E-state index < -0.39 is 0 Å². The Balaban J connectivity index is 2.32. The van der Waals surface area contributed by atoms with E-state index in [0.717, 1.165) is 13.0 Å². The molecule has 0 amide bonds. The van der Waals surface area contributed by atoms with Crippen molar-refractivity contribution in [3.05, 3.63) is 0 Å². The number of rotatable bonds is 1. The fraction of sp³-hybridized carbons (Fsp3) is 1.00. The van der Waals surface area contributed by atoms with Gasteiger partial charge in [-0.3, -0.25) is 0 Å². The lowest BCUT2D eigenvalue weighted by molar-refractivity contribution is 0.0491. The molecule has 1 heterocycles. The van der Waals surface area contributed by atoms with Gasteiger partial charge in [-0.15, -0.1) is 0 Å². The molecule has 1 aliphatic heterocycles. The van der Waals surface area contributed by atoms with Gasteiger partial charge in [0.15, 0.2) is 0 Å². The van der Waals surface area contributed by atoms with Gasteiger partial charge in [0, 0.05) is 13.1 Å². The largest absolute Gasteiger partial charge is 0.393 e. The van der Waals surface area contributed by atoms with E-state index in [1.54, 1.807) is 6.92 Å². The minimum Gasteiger partial charge on any atom is -0.393 e. The highest BCUT2D eigenvalue weighted by atomic mass is 16.3. The van der Waals surface area contributed by atoms with Crippen molar-refractivity contribution >= 4 is 0 Å². The number of piperidine rings is 1. The molecule has 1 fully saturated rings. The molecule has 3 nitrogen and oxygen atoms in total. The van der Waals surface area contributed by atoms with Crippen molar-refractivity contribution in [1.82, 2.24) is 5.32 Å². The molecule has 0 aromatic rings. The molecule has 60 valence electrons. The fourth-order valence-electron chi connectivity index (χ4n) is 1.32. The Morgan fingerprint density at radius 3 is 2.60 bits per heavy atom. The standard InChI is InChI=1S/C7H15NO2/c1-5(9)6-2-7(10)4-8-3-6/h5-10H,2-4H2,1H3/t5-,6+,7-/m0/s1. The zero-order valence-corrected chi connectivity index (χ0v) is 6.25. The second kappa shape index (κ2) is 3.32. The van der Waals surface area contributed by atoms with E-state index in [1.165, 1.54) is 0 Å². The lowest BCUT2D eigenvalue weighted by Gasteiger charge is -2.28. The summed E-state index contributed by atoms with van der Waals surface area (Å²) in [4.78, 5) is 0. The quantitative estimate of drug-likeness (QED) is 0.459. The van der Waals surface area contributed by atoms with E-state index in [1.807, 2.05) is 0 Å². The lowest BCUT2D eigenvalue weighted by atomic mass is 9.93. The molecule has 0 unspecified atom stereocenters. The molecule has 0 aliphatic carbocycles. The van der Waals surface area contributed by atoms with Gasteiger partial charge in [0.05, 0.1) is 12.2 Å². The van der Waals surface area contributed by atoms with Crippen LogP contribution in [0.5, 0.6) is 0 Å². The van der Waals surface area contributed by atoms with Gasteiger partial charge in [-0.05, 0) is 19.3 Å². The monoisotopic (exact) mass is 145 g/mol. The van der Waals surface area contributed by atoms with Gasteiger partial charge >= 0.3 is 0 Å². The zero-order chi connectivity index (χ0) is 7.56. The normalized spacial score (nSPS) is 37.5. The second-order valence-corrected chi connectivity index (χ2v) is 3.05. The Hall–Kier alpha value is -0.120. The molecule has 3 heteroatoms. The molecular weight excluding hydrogens is 130 g/mol.